The average molecular weight is 358 g/mol. The van der Waals surface area contributed by atoms with Crippen molar-refractivity contribution >= 4 is 23.4 Å². The van der Waals surface area contributed by atoms with Gasteiger partial charge in [0.2, 0.25) is 11.8 Å². The Morgan fingerprint density at radius 3 is 2.42 bits per heavy atom. The summed E-state index contributed by atoms with van der Waals surface area (Å²) in [6.07, 6.45) is 2.90. The first-order valence-electron chi connectivity index (χ1n) is 8.90. The van der Waals surface area contributed by atoms with E-state index in [-0.39, 0.29) is 30.7 Å². The van der Waals surface area contributed by atoms with Gasteiger partial charge in [0.15, 0.2) is 0 Å². The third-order valence-corrected chi connectivity index (χ3v) is 4.87. The lowest BCUT2D eigenvalue weighted by atomic mass is 9.91. The van der Waals surface area contributed by atoms with E-state index in [1.165, 1.54) is 11.0 Å². The minimum absolute atomic E-state index is 0.122. The van der Waals surface area contributed by atoms with Crippen LogP contribution in [-0.4, -0.2) is 47.4 Å². The van der Waals surface area contributed by atoms with Crippen LogP contribution < -0.4 is 5.32 Å². The summed E-state index contributed by atoms with van der Waals surface area (Å²) >= 11 is 0. The molecule has 2 atom stereocenters. The molecule has 1 aliphatic heterocycles. The fourth-order valence-corrected chi connectivity index (χ4v) is 3.28. The number of hydrogen-bond donors (Lipinski definition) is 2. The highest BCUT2D eigenvalue weighted by Crippen LogP contribution is 2.25. The first kappa shape index (κ1) is 19.7. The molecule has 140 valence electrons. The fourth-order valence-electron chi connectivity index (χ4n) is 3.28. The molecule has 1 fully saturated rings. The van der Waals surface area contributed by atoms with Gasteiger partial charge in [-0.25, -0.2) is 4.79 Å². The second-order valence-electron chi connectivity index (χ2n) is 6.62. The molecule has 0 spiro atoms. The van der Waals surface area contributed by atoms with Gasteiger partial charge in [0.1, 0.15) is 6.04 Å². The number of nitrogens with zero attached hydrogens (tertiary/aromatic N) is 1. The van der Waals surface area contributed by atoms with Crippen molar-refractivity contribution < 1.29 is 19.5 Å². The molecule has 0 bridgehead atoms. The first-order chi connectivity index (χ1) is 12.4. The number of amides is 2. The zero-order valence-electron chi connectivity index (χ0n) is 15.5. The van der Waals surface area contributed by atoms with Crippen molar-refractivity contribution in [1.29, 1.82) is 0 Å². The van der Waals surface area contributed by atoms with Crippen LogP contribution in [-0.2, 0) is 14.4 Å². The van der Waals surface area contributed by atoms with Gasteiger partial charge in [-0.2, -0.15) is 0 Å². The lowest BCUT2D eigenvalue weighted by Crippen LogP contribution is -2.52. The van der Waals surface area contributed by atoms with Crippen molar-refractivity contribution in [3.63, 3.8) is 0 Å². The molecule has 6 nitrogen and oxygen atoms in total. The van der Waals surface area contributed by atoms with Crippen LogP contribution in [0.2, 0.25) is 0 Å². The van der Waals surface area contributed by atoms with Crippen LogP contribution in [0.4, 0.5) is 0 Å². The number of allylic oxidation sites excluding steroid dienone is 1. The van der Waals surface area contributed by atoms with Gasteiger partial charge in [-0.15, -0.1) is 0 Å². The standard InChI is InChI=1S/C20H26N2O4/c1-4-14(15-7-5-13(2)6-8-15)11-18(23)22-12-16(19(24)21-3)9-10-17(22)20(25)26/h5-8,11,16-17H,4,9-10,12H2,1-3H3,(H,21,24)(H,25,26)/b14-11+/t16-,17-/m0/s1. The molecule has 2 amide bonds. The van der Waals surface area contributed by atoms with E-state index in [2.05, 4.69) is 5.32 Å². The van der Waals surface area contributed by atoms with Crippen molar-refractivity contribution in [3.05, 3.63) is 41.5 Å². The second-order valence-corrected chi connectivity index (χ2v) is 6.62. The number of carbonyl (C=O) groups excluding carboxylic acids is 2. The Morgan fingerprint density at radius 1 is 1.23 bits per heavy atom. The van der Waals surface area contributed by atoms with Crippen LogP contribution in [0.15, 0.2) is 30.3 Å². The van der Waals surface area contributed by atoms with Gasteiger partial charge in [0.25, 0.3) is 0 Å². The molecule has 6 heteroatoms. The Labute approximate surface area is 153 Å². The summed E-state index contributed by atoms with van der Waals surface area (Å²) < 4.78 is 0. The number of carboxylic acids is 1. The van der Waals surface area contributed by atoms with E-state index < -0.39 is 12.0 Å². The topological polar surface area (TPSA) is 86.7 Å². The zero-order chi connectivity index (χ0) is 19.3. The Hall–Kier alpha value is -2.63. The summed E-state index contributed by atoms with van der Waals surface area (Å²) in [7, 11) is 1.55. The molecule has 0 saturated carbocycles. The summed E-state index contributed by atoms with van der Waals surface area (Å²) in [6.45, 7) is 4.07. The molecule has 26 heavy (non-hydrogen) atoms. The number of likely N-dealkylation sites (tertiary alicyclic amines) is 1. The maximum absolute atomic E-state index is 12.8. The van der Waals surface area contributed by atoms with E-state index in [9.17, 15) is 19.5 Å². The highest BCUT2D eigenvalue weighted by Gasteiger charge is 2.37. The summed E-state index contributed by atoms with van der Waals surface area (Å²) in [5.41, 5.74) is 2.92. The maximum atomic E-state index is 12.8. The van der Waals surface area contributed by atoms with Crippen LogP contribution in [0.5, 0.6) is 0 Å². The third kappa shape index (κ3) is 4.50. The van der Waals surface area contributed by atoms with E-state index in [0.717, 1.165) is 16.7 Å². The van der Waals surface area contributed by atoms with E-state index in [1.807, 2.05) is 38.1 Å². The number of aryl methyl sites for hydroxylation is 1. The molecule has 2 rings (SSSR count). The normalized spacial score (nSPS) is 20.6. The molecule has 1 aromatic carbocycles. The van der Waals surface area contributed by atoms with Crippen molar-refractivity contribution in [2.75, 3.05) is 13.6 Å². The predicted octanol–water partition coefficient (Wildman–Crippen LogP) is 2.23. The minimum atomic E-state index is -1.03. The number of carboxylic acid groups (broad SMARTS) is 1. The minimum Gasteiger partial charge on any atom is -0.480 e. The summed E-state index contributed by atoms with van der Waals surface area (Å²) in [6, 6.07) is 6.97. The SMILES string of the molecule is CC/C(=C\C(=O)N1C[C@@H](C(=O)NC)CC[C@H]1C(=O)O)c1ccc(C)cc1. The van der Waals surface area contributed by atoms with Crippen LogP contribution in [0, 0.1) is 12.8 Å². The van der Waals surface area contributed by atoms with Gasteiger partial charge in [-0.3, -0.25) is 9.59 Å². The monoisotopic (exact) mass is 358 g/mol. The van der Waals surface area contributed by atoms with Crippen LogP contribution >= 0.6 is 0 Å². The van der Waals surface area contributed by atoms with Crippen molar-refractivity contribution in [1.82, 2.24) is 10.2 Å². The molecule has 2 N–H and O–H groups in total. The number of hydrogen-bond acceptors (Lipinski definition) is 3. The number of carbonyl (C=O) groups is 3. The molecule has 1 aliphatic rings. The molecule has 0 aliphatic carbocycles. The van der Waals surface area contributed by atoms with Gasteiger partial charge in [0.05, 0.1) is 5.92 Å². The quantitative estimate of drug-likeness (QED) is 0.790. The van der Waals surface area contributed by atoms with E-state index >= 15 is 0 Å². The summed E-state index contributed by atoms with van der Waals surface area (Å²) in [5.74, 6) is -1.93. The maximum Gasteiger partial charge on any atom is 0.326 e. The van der Waals surface area contributed by atoms with Gasteiger partial charge in [0, 0.05) is 19.7 Å². The first-order valence-corrected chi connectivity index (χ1v) is 8.90. The number of benzene rings is 1. The van der Waals surface area contributed by atoms with Crippen LogP contribution in [0.3, 0.4) is 0 Å². The van der Waals surface area contributed by atoms with Gasteiger partial charge >= 0.3 is 5.97 Å². The van der Waals surface area contributed by atoms with E-state index in [4.69, 9.17) is 0 Å². The highest BCUT2D eigenvalue weighted by molar-refractivity contribution is 5.97. The predicted molar refractivity (Wildman–Crippen MR) is 99.4 cm³/mol. The van der Waals surface area contributed by atoms with Crippen molar-refractivity contribution in [2.45, 2.75) is 39.2 Å². The number of aliphatic carboxylic acids is 1. The number of rotatable bonds is 5. The van der Waals surface area contributed by atoms with Gasteiger partial charge in [-0.05, 0) is 37.3 Å². The van der Waals surface area contributed by atoms with Gasteiger partial charge in [-0.1, -0.05) is 36.8 Å². The molecule has 0 unspecified atom stereocenters. The number of piperidine rings is 1. The van der Waals surface area contributed by atoms with E-state index in [1.54, 1.807) is 7.05 Å². The molecule has 1 aromatic rings. The molecular formula is C20H26N2O4. The molecular weight excluding hydrogens is 332 g/mol. The Kier molecular flexibility index (Phi) is 6.55. The second kappa shape index (κ2) is 8.65. The number of nitrogens with one attached hydrogen (secondary N) is 1. The van der Waals surface area contributed by atoms with E-state index in [0.29, 0.717) is 12.8 Å². The van der Waals surface area contributed by atoms with Crippen molar-refractivity contribution in [2.24, 2.45) is 5.92 Å². The fraction of sp³-hybridized carbons (Fsp3) is 0.450. The lowest BCUT2D eigenvalue weighted by molar-refractivity contribution is -0.152. The van der Waals surface area contributed by atoms with Crippen molar-refractivity contribution in [3.8, 4) is 0 Å². The van der Waals surface area contributed by atoms with Gasteiger partial charge < -0.3 is 15.3 Å². The third-order valence-electron chi connectivity index (χ3n) is 4.87. The Morgan fingerprint density at radius 2 is 1.88 bits per heavy atom. The summed E-state index contributed by atoms with van der Waals surface area (Å²) in [5, 5.41) is 12.0. The van der Waals surface area contributed by atoms with Crippen LogP contribution in [0.25, 0.3) is 5.57 Å². The molecule has 1 saturated heterocycles. The summed E-state index contributed by atoms with van der Waals surface area (Å²) in [4.78, 5) is 37.6. The molecule has 0 aromatic heterocycles. The molecule has 1 heterocycles. The molecule has 0 radical (unpaired) electrons. The average Bonchev–Trinajstić information content (AvgIpc) is 2.65. The Bertz CT molecular complexity index is 709. The largest absolute Gasteiger partial charge is 0.480 e. The highest BCUT2D eigenvalue weighted by atomic mass is 16.4. The zero-order valence-corrected chi connectivity index (χ0v) is 15.5. The van der Waals surface area contributed by atoms with Crippen LogP contribution in [0.1, 0.15) is 37.3 Å². The lowest BCUT2D eigenvalue weighted by Gasteiger charge is -2.36. The Balaban J connectivity index is 2.27. The smallest absolute Gasteiger partial charge is 0.326 e.